The summed E-state index contributed by atoms with van der Waals surface area (Å²) in [6.45, 7) is 3.85. The molecule has 0 radical (unpaired) electrons. The highest BCUT2D eigenvalue weighted by atomic mass is 16.1. The Morgan fingerprint density at radius 2 is 2.25 bits per heavy atom. The van der Waals surface area contributed by atoms with E-state index in [1.165, 1.54) is 0 Å². The van der Waals surface area contributed by atoms with Gasteiger partial charge in [0.2, 0.25) is 0 Å². The molecule has 0 aromatic heterocycles. The van der Waals surface area contributed by atoms with Crippen LogP contribution in [0.5, 0.6) is 0 Å². The third kappa shape index (κ3) is 1.85. The molecule has 1 unspecified atom stereocenters. The van der Waals surface area contributed by atoms with Crippen molar-refractivity contribution in [3.05, 3.63) is 0 Å². The summed E-state index contributed by atoms with van der Waals surface area (Å²) < 4.78 is 0. The number of carbonyl (C=O) groups excluding carboxylic acids is 1. The van der Waals surface area contributed by atoms with E-state index in [1.54, 1.807) is 0 Å². The predicted octanol–water partition coefficient (Wildman–Crippen LogP) is 2.30. The van der Waals surface area contributed by atoms with E-state index in [2.05, 4.69) is 6.07 Å². The zero-order valence-corrected chi connectivity index (χ0v) is 7.76. The average Bonchev–Trinajstić information content (AvgIpc) is 2.05. The van der Waals surface area contributed by atoms with Gasteiger partial charge in [0.05, 0.1) is 11.5 Å². The van der Waals surface area contributed by atoms with E-state index in [9.17, 15) is 4.79 Å². The summed E-state index contributed by atoms with van der Waals surface area (Å²) in [4.78, 5) is 11.1. The second-order valence-corrected chi connectivity index (χ2v) is 4.17. The fraction of sp³-hybridized carbons (Fsp3) is 0.800. The van der Waals surface area contributed by atoms with Gasteiger partial charge in [0.1, 0.15) is 5.78 Å². The number of Topliss-reactive ketones (excluding diaryl/α,β-unsaturated/α-hetero) is 1. The lowest BCUT2D eigenvalue weighted by Gasteiger charge is -2.30. The molecule has 1 rings (SSSR count). The van der Waals surface area contributed by atoms with Crippen molar-refractivity contribution in [1.29, 1.82) is 5.26 Å². The normalized spacial score (nSPS) is 25.1. The monoisotopic (exact) mass is 165 g/mol. The molecule has 1 fully saturated rings. The number of carbonyl (C=O) groups is 1. The smallest absolute Gasteiger partial charge is 0.133 e. The van der Waals surface area contributed by atoms with E-state index in [1.807, 2.05) is 13.8 Å². The Bertz CT molecular complexity index is 224. The third-order valence-electron chi connectivity index (χ3n) is 2.79. The Hall–Kier alpha value is -0.840. The van der Waals surface area contributed by atoms with E-state index < -0.39 is 0 Å². The van der Waals surface area contributed by atoms with E-state index in [-0.39, 0.29) is 11.3 Å². The average molecular weight is 165 g/mol. The largest absolute Gasteiger partial charge is 0.300 e. The quantitative estimate of drug-likeness (QED) is 0.598. The first-order valence-electron chi connectivity index (χ1n) is 4.49. The molecule has 1 saturated carbocycles. The van der Waals surface area contributed by atoms with Crippen LogP contribution in [0.2, 0.25) is 0 Å². The van der Waals surface area contributed by atoms with Gasteiger partial charge in [0, 0.05) is 12.8 Å². The van der Waals surface area contributed by atoms with Gasteiger partial charge >= 0.3 is 0 Å². The molecule has 2 heteroatoms. The summed E-state index contributed by atoms with van der Waals surface area (Å²) in [5.41, 5.74) is -0.323. The highest BCUT2D eigenvalue weighted by Gasteiger charge is 2.33. The van der Waals surface area contributed by atoms with Crippen molar-refractivity contribution in [3.63, 3.8) is 0 Å². The van der Waals surface area contributed by atoms with E-state index in [4.69, 9.17) is 5.26 Å². The van der Waals surface area contributed by atoms with Gasteiger partial charge in [0.25, 0.3) is 0 Å². The van der Waals surface area contributed by atoms with Crippen molar-refractivity contribution in [1.82, 2.24) is 0 Å². The first-order chi connectivity index (χ1) is 5.56. The summed E-state index contributed by atoms with van der Waals surface area (Å²) in [6.07, 6.45) is 3.33. The molecular weight excluding hydrogens is 150 g/mol. The number of rotatable bonds is 1. The minimum absolute atomic E-state index is 0.281. The van der Waals surface area contributed by atoms with Crippen LogP contribution in [0.15, 0.2) is 0 Å². The van der Waals surface area contributed by atoms with Crippen molar-refractivity contribution in [2.75, 3.05) is 0 Å². The molecule has 0 heterocycles. The van der Waals surface area contributed by atoms with Gasteiger partial charge < -0.3 is 0 Å². The SMILES string of the molecule is CC(C)(C#N)C1CCCC(=O)C1. The topological polar surface area (TPSA) is 40.9 Å². The Morgan fingerprint density at radius 1 is 1.58 bits per heavy atom. The molecule has 66 valence electrons. The highest BCUT2D eigenvalue weighted by molar-refractivity contribution is 5.79. The summed E-state index contributed by atoms with van der Waals surface area (Å²) in [7, 11) is 0. The first kappa shape index (κ1) is 9.25. The molecule has 0 aromatic carbocycles. The molecule has 0 spiro atoms. The number of hydrogen-bond donors (Lipinski definition) is 0. The molecule has 0 amide bonds. The van der Waals surface area contributed by atoms with Crippen molar-refractivity contribution in [2.24, 2.45) is 11.3 Å². The second-order valence-electron chi connectivity index (χ2n) is 4.17. The van der Waals surface area contributed by atoms with Gasteiger partial charge in [0.15, 0.2) is 0 Å². The minimum Gasteiger partial charge on any atom is -0.300 e. The molecule has 1 aliphatic carbocycles. The molecule has 0 aliphatic heterocycles. The Balaban J connectivity index is 2.64. The zero-order chi connectivity index (χ0) is 9.19. The van der Waals surface area contributed by atoms with Crippen LogP contribution in [0.25, 0.3) is 0 Å². The van der Waals surface area contributed by atoms with Gasteiger partial charge in [-0.15, -0.1) is 0 Å². The lowest BCUT2D eigenvalue weighted by atomic mass is 9.72. The molecule has 0 aromatic rings. The number of hydrogen-bond acceptors (Lipinski definition) is 2. The molecule has 0 N–H and O–H groups in total. The zero-order valence-electron chi connectivity index (χ0n) is 7.76. The van der Waals surface area contributed by atoms with E-state index in [0.717, 1.165) is 19.3 Å². The van der Waals surface area contributed by atoms with Crippen LogP contribution in [0.4, 0.5) is 0 Å². The summed E-state index contributed by atoms with van der Waals surface area (Å²) in [5.74, 6) is 0.610. The van der Waals surface area contributed by atoms with Crippen molar-refractivity contribution in [2.45, 2.75) is 39.5 Å². The van der Waals surface area contributed by atoms with Crippen LogP contribution in [0.1, 0.15) is 39.5 Å². The molecule has 2 nitrogen and oxygen atoms in total. The van der Waals surface area contributed by atoms with Gasteiger partial charge in [-0.05, 0) is 32.6 Å². The fourth-order valence-corrected chi connectivity index (χ4v) is 1.73. The Labute approximate surface area is 73.6 Å². The van der Waals surface area contributed by atoms with E-state index >= 15 is 0 Å². The van der Waals surface area contributed by atoms with Crippen molar-refractivity contribution >= 4 is 5.78 Å². The van der Waals surface area contributed by atoms with Crippen LogP contribution in [0.3, 0.4) is 0 Å². The summed E-state index contributed by atoms with van der Waals surface area (Å²) in [5, 5.41) is 8.87. The maximum Gasteiger partial charge on any atom is 0.133 e. The standard InChI is InChI=1S/C10H15NO/c1-10(2,7-11)8-4-3-5-9(12)6-8/h8H,3-6H2,1-2H3. The van der Waals surface area contributed by atoms with Gasteiger partial charge in [-0.2, -0.15) is 5.26 Å². The fourth-order valence-electron chi connectivity index (χ4n) is 1.73. The van der Waals surface area contributed by atoms with Crippen molar-refractivity contribution in [3.8, 4) is 6.07 Å². The van der Waals surface area contributed by atoms with Crippen LogP contribution in [0, 0.1) is 22.7 Å². The maximum atomic E-state index is 11.1. The Kier molecular flexibility index (Phi) is 2.52. The highest BCUT2D eigenvalue weighted by Crippen LogP contribution is 2.36. The molecule has 0 bridgehead atoms. The number of ketones is 1. The van der Waals surface area contributed by atoms with Crippen LogP contribution < -0.4 is 0 Å². The lowest BCUT2D eigenvalue weighted by Crippen LogP contribution is -2.28. The Morgan fingerprint density at radius 3 is 2.75 bits per heavy atom. The third-order valence-corrected chi connectivity index (χ3v) is 2.79. The summed E-state index contributed by atoms with van der Waals surface area (Å²) in [6, 6.07) is 2.28. The molecular formula is C10H15NO. The summed E-state index contributed by atoms with van der Waals surface area (Å²) >= 11 is 0. The molecule has 12 heavy (non-hydrogen) atoms. The van der Waals surface area contributed by atoms with Crippen LogP contribution in [-0.4, -0.2) is 5.78 Å². The van der Waals surface area contributed by atoms with Crippen LogP contribution >= 0.6 is 0 Å². The molecule has 0 saturated heterocycles. The van der Waals surface area contributed by atoms with Gasteiger partial charge in [-0.25, -0.2) is 0 Å². The second kappa shape index (κ2) is 3.26. The molecule has 1 aliphatic rings. The lowest BCUT2D eigenvalue weighted by molar-refractivity contribution is -0.122. The number of nitriles is 1. The minimum atomic E-state index is -0.323. The van der Waals surface area contributed by atoms with Crippen molar-refractivity contribution < 1.29 is 4.79 Å². The van der Waals surface area contributed by atoms with Gasteiger partial charge in [-0.3, -0.25) is 4.79 Å². The predicted molar refractivity (Wildman–Crippen MR) is 46.4 cm³/mol. The molecule has 1 atom stereocenters. The first-order valence-corrected chi connectivity index (χ1v) is 4.49. The maximum absolute atomic E-state index is 11.1. The van der Waals surface area contributed by atoms with Gasteiger partial charge in [-0.1, -0.05) is 0 Å². The number of nitrogens with zero attached hydrogens (tertiary/aromatic N) is 1. The van der Waals surface area contributed by atoms with Crippen LogP contribution in [-0.2, 0) is 4.79 Å². The van der Waals surface area contributed by atoms with E-state index in [0.29, 0.717) is 12.2 Å².